The Labute approximate surface area is 545 Å². The number of amides is 3. The molecular weight excluding hydrogens is 1300 g/mol. The van der Waals surface area contributed by atoms with E-state index in [0.717, 1.165) is 32.1 Å². The summed E-state index contributed by atoms with van der Waals surface area (Å²) in [4.78, 5) is 51.8. The van der Waals surface area contributed by atoms with Gasteiger partial charge in [-0.25, -0.2) is 33.6 Å². The molecule has 4 bridgehead atoms. The van der Waals surface area contributed by atoms with Crippen molar-refractivity contribution < 1.29 is 71.8 Å². The van der Waals surface area contributed by atoms with Crippen molar-refractivity contribution in [3.8, 4) is 23.4 Å². The smallest absolute Gasteiger partial charge is 0.410 e. The van der Waals surface area contributed by atoms with Gasteiger partial charge in [-0.15, -0.1) is 10.2 Å². The average molecular weight is 1380 g/mol. The maximum atomic E-state index is 13.4. The molecule has 2 N–H and O–H groups in total. The molecule has 5 aliphatic rings. The Kier molecular flexibility index (Phi) is 19.4. The second kappa shape index (κ2) is 26.3. The molecule has 3 amide bonds. The molecule has 2 aliphatic carbocycles. The first-order valence-corrected chi connectivity index (χ1v) is 34.5. The molecule has 6 aromatic rings. The van der Waals surface area contributed by atoms with Crippen molar-refractivity contribution >= 4 is 55.4 Å². The van der Waals surface area contributed by atoms with Crippen LogP contribution < -0.4 is 23.8 Å². The summed E-state index contributed by atoms with van der Waals surface area (Å²) in [7, 11) is -8.57. The van der Waals surface area contributed by atoms with Crippen molar-refractivity contribution in [1.82, 2.24) is 63.4 Å². The highest BCUT2D eigenvalue weighted by molar-refractivity contribution is 7.90. The number of likely N-dealkylation sites (tertiary alicyclic amines) is 1. The van der Waals surface area contributed by atoms with Gasteiger partial charge in [0.05, 0.1) is 35.2 Å². The number of carbonyl (C=O) groups is 3. The van der Waals surface area contributed by atoms with Crippen molar-refractivity contribution in [2.24, 2.45) is 22.7 Å². The molecule has 4 fully saturated rings. The van der Waals surface area contributed by atoms with E-state index in [1.807, 2.05) is 39.3 Å². The second-order valence-corrected chi connectivity index (χ2v) is 30.8. The fourth-order valence-corrected chi connectivity index (χ4v) is 14.5. The van der Waals surface area contributed by atoms with E-state index in [9.17, 15) is 57.6 Å². The van der Waals surface area contributed by atoms with Crippen LogP contribution in [-0.2, 0) is 37.9 Å². The number of aromatic nitrogens is 10. The molecule has 11 rings (SSSR count). The van der Waals surface area contributed by atoms with Gasteiger partial charge < -0.3 is 24.0 Å². The first-order valence-electron chi connectivity index (χ1n) is 31.1. The average Bonchev–Trinajstić information content (AvgIpc) is 1.57. The highest BCUT2D eigenvalue weighted by Gasteiger charge is 2.63. The zero-order valence-corrected chi connectivity index (χ0v) is 55.5. The van der Waals surface area contributed by atoms with Gasteiger partial charge >= 0.3 is 18.4 Å². The molecule has 94 heavy (non-hydrogen) atoms. The van der Waals surface area contributed by atoms with Crippen LogP contribution in [0.2, 0.25) is 5.15 Å². The lowest BCUT2D eigenvalue weighted by Crippen LogP contribution is -2.45. The molecular formula is C61H77ClF6N14O10S2. The Balaban J connectivity index is 0.000000208. The number of aryl methyl sites for hydroxylation is 2. The number of carbonyl (C=O) groups excluding carboxylic acids is 3. The Hall–Kier alpha value is -7.48. The Bertz CT molecular complexity index is 3990. The Morgan fingerprint density at radius 1 is 0.745 bits per heavy atom. The standard InChI is InChI=1S/C33H43ClF3N7O6S.C28H34F3N7O4S/c1-30(2,3)50-29(46)43-21-22(20-31(43,4)5)8-6-16-42-17-12-26(40-42)51(47,48)41-28(45)23-9-10-24(38-27(23)34)44-18-11-25(39-44)49-19-7-13-32(14-15-32)33(35,36)37;1-26(2)17-19-5-3-13-36-14-9-23(34-36)43(40,41)35-25(39)20-6-7-21(32-24(20)37(26)18-19)38-15-8-22(33-38)42-16-4-10-27(11-12-27)28(29,30)31/h9-12,17-18,22H,6-8,13-16,19-21H2,1-5H3,(H,41,45);6-9,14-15,19H,3-5,10-13,16-18H2,1-2H3,(H,35,39). The highest BCUT2D eigenvalue weighted by Crippen LogP contribution is 2.61. The fraction of sp³-hybridized carbons (Fsp3) is 0.590. The maximum absolute atomic E-state index is 13.4. The third kappa shape index (κ3) is 16.1. The van der Waals surface area contributed by atoms with Crippen LogP contribution in [0, 0.1) is 22.7 Å². The number of nitrogens with zero attached hydrogens (tertiary/aromatic N) is 12. The number of sulfonamides is 2. The molecule has 2 atom stereocenters. The monoisotopic (exact) mass is 1380 g/mol. The third-order valence-corrected chi connectivity index (χ3v) is 20.5. The van der Waals surface area contributed by atoms with E-state index in [1.165, 1.54) is 62.8 Å². The van der Waals surface area contributed by atoms with Gasteiger partial charge in [0.2, 0.25) is 11.8 Å². The minimum Gasteiger partial charge on any atom is -0.477 e. The van der Waals surface area contributed by atoms with E-state index in [-0.39, 0.29) is 132 Å². The molecule has 2 unspecified atom stereocenters. The summed E-state index contributed by atoms with van der Waals surface area (Å²) in [5.74, 6) is 0.0556. The lowest BCUT2D eigenvalue weighted by Gasteiger charge is -2.34. The summed E-state index contributed by atoms with van der Waals surface area (Å²) < 4.78 is 158. The van der Waals surface area contributed by atoms with Gasteiger partial charge in [0.1, 0.15) is 16.6 Å². The van der Waals surface area contributed by atoms with Crippen LogP contribution in [0.25, 0.3) is 11.6 Å². The lowest BCUT2D eigenvalue weighted by atomic mass is 9.93. The quantitative estimate of drug-likeness (QED) is 0.0433. The number of nitrogens with one attached hydrogen (secondary N) is 2. The summed E-state index contributed by atoms with van der Waals surface area (Å²) in [6.45, 7) is 16.0. The van der Waals surface area contributed by atoms with Crippen LogP contribution in [0.5, 0.6) is 11.8 Å². The van der Waals surface area contributed by atoms with Crippen LogP contribution in [0.4, 0.5) is 37.0 Å². The van der Waals surface area contributed by atoms with E-state index in [0.29, 0.717) is 50.2 Å². The van der Waals surface area contributed by atoms with Gasteiger partial charge in [-0.2, -0.15) is 53.4 Å². The Morgan fingerprint density at radius 2 is 1.35 bits per heavy atom. The second-order valence-electron chi connectivity index (χ2n) is 27.2. The minimum atomic E-state index is -4.35. The first-order chi connectivity index (χ1) is 43.9. The van der Waals surface area contributed by atoms with E-state index < -0.39 is 60.6 Å². The van der Waals surface area contributed by atoms with Crippen molar-refractivity contribution in [1.29, 1.82) is 0 Å². The topological polar surface area (TPSA) is 275 Å². The predicted octanol–water partition coefficient (Wildman–Crippen LogP) is 11.0. The van der Waals surface area contributed by atoms with Crippen LogP contribution in [0.1, 0.15) is 159 Å². The molecule has 0 radical (unpaired) electrons. The number of rotatable bonds is 19. The van der Waals surface area contributed by atoms with Gasteiger partial charge in [0, 0.05) is 74.2 Å². The number of alkyl halides is 6. The molecule has 24 nitrogen and oxygen atoms in total. The molecule has 2 saturated heterocycles. The number of halogens is 7. The number of ether oxygens (including phenoxy) is 3. The van der Waals surface area contributed by atoms with E-state index in [4.69, 9.17) is 30.8 Å². The first kappa shape index (κ1) is 69.4. The normalized spacial score (nSPS) is 20.3. The van der Waals surface area contributed by atoms with Crippen molar-refractivity contribution in [2.75, 3.05) is 31.2 Å². The van der Waals surface area contributed by atoms with Crippen LogP contribution >= 0.6 is 11.6 Å². The predicted molar refractivity (Wildman–Crippen MR) is 330 cm³/mol. The minimum absolute atomic E-state index is 0.00637. The van der Waals surface area contributed by atoms with Crippen molar-refractivity contribution in [3.05, 3.63) is 89.6 Å². The molecule has 6 aromatic heterocycles. The Morgan fingerprint density at radius 3 is 1.94 bits per heavy atom. The number of hydrogen-bond donors (Lipinski definition) is 2. The summed E-state index contributed by atoms with van der Waals surface area (Å²) in [5, 5.41) is 16.0. The fourth-order valence-electron chi connectivity index (χ4n) is 12.5. The maximum Gasteiger partial charge on any atom is 0.410 e. The third-order valence-electron chi connectivity index (χ3n) is 17.8. The van der Waals surface area contributed by atoms with Gasteiger partial charge in [-0.1, -0.05) is 11.6 Å². The van der Waals surface area contributed by atoms with Gasteiger partial charge in [0.15, 0.2) is 21.7 Å². The zero-order valence-electron chi connectivity index (χ0n) is 53.1. The zero-order chi connectivity index (χ0) is 68.0. The molecule has 3 aliphatic heterocycles. The number of hydrogen-bond acceptors (Lipinski definition) is 17. The van der Waals surface area contributed by atoms with Crippen LogP contribution in [0.3, 0.4) is 0 Å². The van der Waals surface area contributed by atoms with E-state index in [2.05, 4.69) is 48.8 Å². The van der Waals surface area contributed by atoms with E-state index >= 15 is 0 Å². The number of pyridine rings is 2. The number of anilines is 1. The molecule has 0 spiro atoms. The molecule has 0 aromatic carbocycles. The van der Waals surface area contributed by atoms with Crippen molar-refractivity contribution in [2.45, 2.75) is 191 Å². The SMILES string of the molecule is CC(C)(C)OC(=O)N1CC(CCCn2ccc(S(=O)(=O)NC(=O)c3ccc(-n4ccc(OCCCC5(C(F)(F)F)CC5)n4)nc3Cl)n2)CC1(C)C.CC1(C)CC2CCCn3ccc(n3)S(=O)(=O)NC(=O)c3ccc(-n4ccc(OCCCC5(C(F)(F)F)CC5)n4)nc3N1C2. The summed E-state index contributed by atoms with van der Waals surface area (Å²) in [6, 6.07) is 11.5. The van der Waals surface area contributed by atoms with Gasteiger partial charge in [-0.3, -0.25) is 19.0 Å². The summed E-state index contributed by atoms with van der Waals surface area (Å²) in [5.41, 5.74) is -4.56. The summed E-state index contributed by atoms with van der Waals surface area (Å²) >= 11 is 6.25. The highest BCUT2D eigenvalue weighted by atomic mass is 35.5. The lowest BCUT2D eigenvalue weighted by molar-refractivity contribution is -0.190. The summed E-state index contributed by atoms with van der Waals surface area (Å²) in [6.07, 6.45) is 3.47. The molecule has 2 saturated carbocycles. The molecule has 9 heterocycles. The van der Waals surface area contributed by atoms with E-state index in [1.54, 1.807) is 34.1 Å². The van der Waals surface area contributed by atoms with Gasteiger partial charge in [0.25, 0.3) is 31.9 Å². The van der Waals surface area contributed by atoms with Gasteiger partial charge in [-0.05, 0) is 187 Å². The molecule has 33 heteroatoms. The molecule has 512 valence electrons. The van der Waals surface area contributed by atoms with Crippen LogP contribution in [-0.4, -0.2) is 144 Å². The van der Waals surface area contributed by atoms with Crippen LogP contribution in [0.15, 0.2) is 83.4 Å². The number of fused-ring (bicyclic) bond motifs is 6. The van der Waals surface area contributed by atoms with Crippen molar-refractivity contribution in [3.63, 3.8) is 0 Å². The largest absolute Gasteiger partial charge is 0.477 e.